The second-order valence-electron chi connectivity index (χ2n) is 5.16. The van der Waals surface area contributed by atoms with E-state index in [9.17, 15) is 5.11 Å². The zero-order valence-electron chi connectivity index (χ0n) is 10.7. The maximum Gasteiger partial charge on any atom is 0.177 e. The first kappa shape index (κ1) is 12.2. The van der Waals surface area contributed by atoms with E-state index in [0.717, 1.165) is 12.8 Å². The SMILES string of the molecule is CC1=CC(C)CC(C(O)Cc2nnn(C)n2)C1. The number of tetrazole rings is 1. The van der Waals surface area contributed by atoms with Crippen LogP contribution in [0.5, 0.6) is 0 Å². The summed E-state index contributed by atoms with van der Waals surface area (Å²) >= 11 is 0. The lowest BCUT2D eigenvalue weighted by Crippen LogP contribution is -2.27. The van der Waals surface area contributed by atoms with Gasteiger partial charge in [0.05, 0.1) is 13.2 Å². The van der Waals surface area contributed by atoms with Crippen LogP contribution in [0.2, 0.25) is 0 Å². The van der Waals surface area contributed by atoms with Gasteiger partial charge in [0.1, 0.15) is 0 Å². The van der Waals surface area contributed by atoms with Crippen molar-refractivity contribution in [1.29, 1.82) is 0 Å². The number of aliphatic hydroxyl groups is 1. The number of allylic oxidation sites excluding steroid dienone is 2. The lowest BCUT2D eigenvalue weighted by Gasteiger charge is -2.28. The molecular formula is C12H20N4O. The van der Waals surface area contributed by atoms with Crippen LogP contribution in [0.4, 0.5) is 0 Å². The van der Waals surface area contributed by atoms with E-state index in [1.807, 2.05) is 0 Å². The topological polar surface area (TPSA) is 63.8 Å². The first-order chi connectivity index (χ1) is 8.04. The molecule has 0 aliphatic heterocycles. The third-order valence-corrected chi connectivity index (χ3v) is 3.31. The van der Waals surface area contributed by atoms with E-state index >= 15 is 0 Å². The van der Waals surface area contributed by atoms with E-state index < -0.39 is 0 Å². The Morgan fingerprint density at radius 1 is 1.59 bits per heavy atom. The van der Waals surface area contributed by atoms with Crippen LogP contribution in [0, 0.1) is 11.8 Å². The molecule has 1 heterocycles. The Kier molecular flexibility index (Phi) is 3.57. The third kappa shape index (κ3) is 3.12. The zero-order valence-corrected chi connectivity index (χ0v) is 10.7. The second kappa shape index (κ2) is 4.96. The van der Waals surface area contributed by atoms with Crippen LogP contribution in [0.1, 0.15) is 32.5 Å². The average Bonchev–Trinajstić information content (AvgIpc) is 2.62. The molecule has 17 heavy (non-hydrogen) atoms. The predicted octanol–water partition coefficient (Wildman–Crippen LogP) is 1.11. The molecule has 1 aliphatic rings. The monoisotopic (exact) mass is 236 g/mol. The number of aliphatic hydroxyl groups excluding tert-OH is 1. The highest BCUT2D eigenvalue weighted by Crippen LogP contribution is 2.30. The van der Waals surface area contributed by atoms with Crippen molar-refractivity contribution in [2.45, 2.75) is 39.2 Å². The molecule has 1 aliphatic carbocycles. The first-order valence-electron chi connectivity index (χ1n) is 6.13. The molecule has 0 bridgehead atoms. The average molecular weight is 236 g/mol. The number of aryl methyl sites for hydroxylation is 1. The lowest BCUT2D eigenvalue weighted by atomic mass is 9.80. The van der Waals surface area contributed by atoms with Gasteiger partial charge in [-0.1, -0.05) is 18.6 Å². The van der Waals surface area contributed by atoms with Gasteiger partial charge in [0.15, 0.2) is 5.82 Å². The van der Waals surface area contributed by atoms with E-state index in [2.05, 4.69) is 35.3 Å². The third-order valence-electron chi connectivity index (χ3n) is 3.31. The standard InChI is InChI=1S/C12H20N4O/c1-8-4-9(2)6-10(5-8)11(17)7-12-13-15-16(3)14-12/h4,8,10-11,17H,5-7H2,1-3H3. The van der Waals surface area contributed by atoms with E-state index in [4.69, 9.17) is 0 Å². The molecule has 5 heteroatoms. The maximum absolute atomic E-state index is 10.2. The summed E-state index contributed by atoms with van der Waals surface area (Å²) in [4.78, 5) is 1.43. The van der Waals surface area contributed by atoms with Crippen molar-refractivity contribution in [3.8, 4) is 0 Å². The van der Waals surface area contributed by atoms with Gasteiger partial charge < -0.3 is 5.11 Å². The number of nitrogens with zero attached hydrogens (tertiary/aromatic N) is 4. The molecule has 0 saturated carbocycles. The minimum absolute atomic E-state index is 0.318. The van der Waals surface area contributed by atoms with Crippen LogP contribution in [-0.2, 0) is 13.5 Å². The van der Waals surface area contributed by atoms with Gasteiger partial charge in [-0.15, -0.1) is 10.2 Å². The Morgan fingerprint density at radius 2 is 2.35 bits per heavy atom. The molecule has 1 aromatic rings. The Morgan fingerprint density at radius 3 is 2.94 bits per heavy atom. The summed E-state index contributed by atoms with van der Waals surface area (Å²) in [5, 5.41) is 22.0. The molecule has 94 valence electrons. The molecule has 3 unspecified atom stereocenters. The largest absolute Gasteiger partial charge is 0.392 e. The molecule has 5 nitrogen and oxygen atoms in total. The van der Waals surface area contributed by atoms with Crippen molar-refractivity contribution in [2.24, 2.45) is 18.9 Å². The van der Waals surface area contributed by atoms with Gasteiger partial charge in [-0.05, 0) is 36.8 Å². The summed E-state index contributed by atoms with van der Waals surface area (Å²) in [6.45, 7) is 4.33. The minimum atomic E-state index is -0.370. The number of aromatic nitrogens is 4. The summed E-state index contributed by atoms with van der Waals surface area (Å²) in [7, 11) is 1.73. The lowest BCUT2D eigenvalue weighted by molar-refractivity contribution is 0.0913. The second-order valence-corrected chi connectivity index (χ2v) is 5.16. The summed E-state index contributed by atoms with van der Waals surface area (Å²) in [6.07, 6.45) is 4.44. The Hall–Kier alpha value is -1.23. The van der Waals surface area contributed by atoms with Crippen LogP contribution < -0.4 is 0 Å². The van der Waals surface area contributed by atoms with E-state index in [1.165, 1.54) is 10.4 Å². The van der Waals surface area contributed by atoms with Crippen molar-refractivity contribution >= 4 is 0 Å². The highest BCUT2D eigenvalue weighted by Gasteiger charge is 2.26. The molecule has 2 rings (SSSR count). The van der Waals surface area contributed by atoms with Crippen molar-refractivity contribution in [3.05, 3.63) is 17.5 Å². The van der Waals surface area contributed by atoms with Crippen molar-refractivity contribution in [1.82, 2.24) is 20.2 Å². The Balaban J connectivity index is 1.96. The van der Waals surface area contributed by atoms with Gasteiger partial charge >= 0.3 is 0 Å². The normalized spacial score (nSPS) is 26.7. The first-order valence-corrected chi connectivity index (χ1v) is 6.13. The molecule has 0 spiro atoms. The molecule has 1 N–H and O–H groups in total. The maximum atomic E-state index is 10.2. The van der Waals surface area contributed by atoms with E-state index in [1.54, 1.807) is 7.05 Å². The van der Waals surface area contributed by atoms with Crippen LogP contribution in [0.15, 0.2) is 11.6 Å². The summed E-state index contributed by atoms with van der Waals surface area (Å²) in [5.74, 6) is 1.50. The van der Waals surface area contributed by atoms with Crippen molar-refractivity contribution < 1.29 is 5.11 Å². The van der Waals surface area contributed by atoms with Gasteiger partial charge in [-0.3, -0.25) is 0 Å². The predicted molar refractivity (Wildman–Crippen MR) is 64.2 cm³/mol. The molecular weight excluding hydrogens is 216 g/mol. The summed E-state index contributed by atoms with van der Waals surface area (Å²) in [5.41, 5.74) is 1.37. The van der Waals surface area contributed by atoms with Crippen molar-refractivity contribution in [2.75, 3.05) is 0 Å². The number of rotatable bonds is 3. The summed E-state index contributed by atoms with van der Waals surface area (Å²) < 4.78 is 0. The molecule has 0 amide bonds. The van der Waals surface area contributed by atoms with Crippen LogP contribution in [0.25, 0.3) is 0 Å². The number of hydrogen-bond donors (Lipinski definition) is 1. The fourth-order valence-electron chi connectivity index (χ4n) is 2.65. The fourth-order valence-corrected chi connectivity index (χ4v) is 2.65. The molecule has 0 fully saturated rings. The highest BCUT2D eigenvalue weighted by atomic mass is 16.3. The van der Waals surface area contributed by atoms with E-state index in [0.29, 0.717) is 24.1 Å². The zero-order chi connectivity index (χ0) is 12.4. The van der Waals surface area contributed by atoms with Gasteiger partial charge in [0, 0.05) is 6.42 Å². The van der Waals surface area contributed by atoms with E-state index in [-0.39, 0.29) is 6.10 Å². The molecule has 0 radical (unpaired) electrons. The van der Waals surface area contributed by atoms with Gasteiger partial charge in [0.2, 0.25) is 0 Å². The molecule has 3 atom stereocenters. The Bertz CT molecular complexity index is 412. The highest BCUT2D eigenvalue weighted by molar-refractivity contribution is 5.07. The Labute approximate surface area is 102 Å². The number of hydrogen-bond acceptors (Lipinski definition) is 4. The minimum Gasteiger partial charge on any atom is -0.392 e. The molecule has 1 aromatic heterocycles. The van der Waals surface area contributed by atoms with Crippen LogP contribution in [-0.4, -0.2) is 31.4 Å². The van der Waals surface area contributed by atoms with Crippen LogP contribution >= 0.6 is 0 Å². The van der Waals surface area contributed by atoms with Gasteiger partial charge in [-0.25, -0.2) is 0 Å². The van der Waals surface area contributed by atoms with Crippen molar-refractivity contribution in [3.63, 3.8) is 0 Å². The summed E-state index contributed by atoms with van der Waals surface area (Å²) in [6, 6.07) is 0. The van der Waals surface area contributed by atoms with Gasteiger partial charge in [-0.2, -0.15) is 4.80 Å². The molecule has 0 saturated heterocycles. The smallest absolute Gasteiger partial charge is 0.177 e. The van der Waals surface area contributed by atoms with Gasteiger partial charge in [0.25, 0.3) is 0 Å². The quantitative estimate of drug-likeness (QED) is 0.798. The fraction of sp³-hybridized carbons (Fsp3) is 0.750. The molecule has 0 aromatic carbocycles. The van der Waals surface area contributed by atoms with Crippen LogP contribution in [0.3, 0.4) is 0 Å².